The van der Waals surface area contributed by atoms with Gasteiger partial charge in [0.05, 0.1) is 11.4 Å². The van der Waals surface area contributed by atoms with Gasteiger partial charge in [0.2, 0.25) is 0 Å². The number of hydrogen-bond acceptors (Lipinski definition) is 3. The molecule has 1 aliphatic rings. The number of nitrogens with one attached hydrogen (secondary N) is 1. The molecule has 0 unspecified atom stereocenters. The molecule has 2 heterocycles. The van der Waals surface area contributed by atoms with Crippen molar-refractivity contribution in [2.24, 2.45) is 0 Å². The normalized spacial score (nSPS) is 14.4. The van der Waals surface area contributed by atoms with Gasteiger partial charge in [0.15, 0.2) is 5.82 Å². The van der Waals surface area contributed by atoms with Crippen molar-refractivity contribution in [3.63, 3.8) is 0 Å². The summed E-state index contributed by atoms with van der Waals surface area (Å²) in [6.45, 7) is 6.28. The fraction of sp³-hybridized carbons (Fsp3) is 0.375. The largest absolute Gasteiger partial charge is 0.312 e. The first-order valence-corrected chi connectivity index (χ1v) is 7.81. The van der Waals surface area contributed by atoms with E-state index >= 15 is 0 Å². The van der Waals surface area contributed by atoms with E-state index in [1.54, 1.807) is 0 Å². The zero-order valence-electron chi connectivity index (χ0n) is 11.8. The summed E-state index contributed by atoms with van der Waals surface area (Å²) in [5, 5.41) is 3.42. The molecule has 2 aromatic rings. The summed E-state index contributed by atoms with van der Waals surface area (Å²) in [6.07, 6.45) is 0.981. The number of fused-ring (bicyclic) bond motifs is 1. The number of halogens is 1. The van der Waals surface area contributed by atoms with Crippen molar-refractivity contribution >= 4 is 15.9 Å². The molecule has 0 amide bonds. The van der Waals surface area contributed by atoms with E-state index in [0.29, 0.717) is 5.92 Å². The Kier molecular flexibility index (Phi) is 3.85. The van der Waals surface area contributed by atoms with Crippen molar-refractivity contribution in [2.45, 2.75) is 32.7 Å². The van der Waals surface area contributed by atoms with Gasteiger partial charge in [0.1, 0.15) is 0 Å². The summed E-state index contributed by atoms with van der Waals surface area (Å²) in [4.78, 5) is 9.64. The lowest BCUT2D eigenvalue weighted by Gasteiger charge is -2.22. The summed E-state index contributed by atoms with van der Waals surface area (Å²) in [5.74, 6) is 1.25. The molecule has 20 heavy (non-hydrogen) atoms. The Balaban J connectivity index is 2.18. The van der Waals surface area contributed by atoms with E-state index in [1.807, 2.05) is 18.2 Å². The maximum Gasteiger partial charge on any atom is 0.160 e. The number of hydrogen-bond donors (Lipinski definition) is 1. The van der Waals surface area contributed by atoms with E-state index in [9.17, 15) is 0 Å². The first-order valence-electron chi connectivity index (χ1n) is 7.02. The van der Waals surface area contributed by atoms with E-state index in [2.05, 4.69) is 41.2 Å². The highest BCUT2D eigenvalue weighted by molar-refractivity contribution is 9.10. The van der Waals surface area contributed by atoms with Crippen LogP contribution in [0.3, 0.4) is 0 Å². The second-order valence-corrected chi connectivity index (χ2v) is 6.27. The number of rotatable bonds is 2. The molecule has 0 spiro atoms. The van der Waals surface area contributed by atoms with Gasteiger partial charge in [-0.3, -0.25) is 0 Å². The molecule has 1 aromatic carbocycles. The zero-order valence-corrected chi connectivity index (χ0v) is 13.4. The Morgan fingerprint density at radius 3 is 2.75 bits per heavy atom. The summed E-state index contributed by atoms with van der Waals surface area (Å²) in [5.41, 5.74) is 4.74. The molecule has 104 valence electrons. The van der Waals surface area contributed by atoms with Crippen LogP contribution < -0.4 is 5.32 Å². The fourth-order valence-electron chi connectivity index (χ4n) is 2.61. The van der Waals surface area contributed by atoms with Crippen LogP contribution in [-0.4, -0.2) is 16.5 Å². The van der Waals surface area contributed by atoms with Gasteiger partial charge in [0, 0.05) is 35.1 Å². The standard InChI is InChI=1S/C16H18BrN3/c1-10(2)15-12-9-18-8-7-14(12)19-16(20-15)11-5-3-4-6-13(11)17/h3-6,10,18H,7-9H2,1-2H3. The Hall–Kier alpha value is -1.26. The molecule has 0 radical (unpaired) electrons. The quantitative estimate of drug-likeness (QED) is 0.912. The minimum Gasteiger partial charge on any atom is -0.312 e. The second-order valence-electron chi connectivity index (χ2n) is 5.42. The van der Waals surface area contributed by atoms with E-state index in [0.717, 1.165) is 35.4 Å². The summed E-state index contributed by atoms with van der Waals surface area (Å²) >= 11 is 3.60. The summed E-state index contributed by atoms with van der Waals surface area (Å²) in [6, 6.07) is 8.14. The van der Waals surface area contributed by atoms with Gasteiger partial charge < -0.3 is 5.32 Å². The Morgan fingerprint density at radius 2 is 2.00 bits per heavy atom. The van der Waals surface area contributed by atoms with Crippen molar-refractivity contribution < 1.29 is 0 Å². The van der Waals surface area contributed by atoms with Gasteiger partial charge in [0.25, 0.3) is 0 Å². The van der Waals surface area contributed by atoms with Gasteiger partial charge in [-0.15, -0.1) is 0 Å². The van der Waals surface area contributed by atoms with E-state index in [1.165, 1.54) is 17.0 Å². The third kappa shape index (κ3) is 2.50. The molecule has 0 bridgehead atoms. The molecule has 3 rings (SSSR count). The van der Waals surface area contributed by atoms with E-state index in [-0.39, 0.29) is 0 Å². The van der Waals surface area contributed by atoms with Crippen LogP contribution in [-0.2, 0) is 13.0 Å². The molecule has 1 N–H and O–H groups in total. The maximum absolute atomic E-state index is 4.84. The highest BCUT2D eigenvalue weighted by Crippen LogP contribution is 2.29. The summed E-state index contributed by atoms with van der Waals surface area (Å²) < 4.78 is 1.04. The average Bonchev–Trinajstić information content (AvgIpc) is 2.46. The third-order valence-electron chi connectivity index (χ3n) is 3.63. The van der Waals surface area contributed by atoms with Crippen LogP contribution in [0.25, 0.3) is 11.4 Å². The monoisotopic (exact) mass is 331 g/mol. The van der Waals surface area contributed by atoms with Crippen LogP contribution in [0.5, 0.6) is 0 Å². The van der Waals surface area contributed by atoms with Gasteiger partial charge in [-0.2, -0.15) is 0 Å². The Morgan fingerprint density at radius 1 is 1.20 bits per heavy atom. The van der Waals surface area contributed by atoms with Crippen molar-refractivity contribution in [1.82, 2.24) is 15.3 Å². The molecule has 4 heteroatoms. The van der Waals surface area contributed by atoms with E-state index < -0.39 is 0 Å². The predicted molar refractivity (Wildman–Crippen MR) is 84.7 cm³/mol. The minimum absolute atomic E-state index is 0.410. The average molecular weight is 332 g/mol. The van der Waals surface area contributed by atoms with Gasteiger partial charge in [-0.05, 0) is 12.0 Å². The van der Waals surface area contributed by atoms with Gasteiger partial charge in [-0.1, -0.05) is 48.0 Å². The van der Waals surface area contributed by atoms with Crippen molar-refractivity contribution in [2.75, 3.05) is 6.54 Å². The molecule has 1 aromatic heterocycles. The van der Waals surface area contributed by atoms with Gasteiger partial charge >= 0.3 is 0 Å². The minimum atomic E-state index is 0.410. The molecule has 3 nitrogen and oxygen atoms in total. The van der Waals surface area contributed by atoms with Crippen molar-refractivity contribution in [1.29, 1.82) is 0 Å². The van der Waals surface area contributed by atoms with E-state index in [4.69, 9.17) is 9.97 Å². The topological polar surface area (TPSA) is 37.8 Å². The first kappa shape index (κ1) is 13.7. The molecule has 0 atom stereocenters. The van der Waals surface area contributed by atoms with Crippen LogP contribution >= 0.6 is 15.9 Å². The van der Waals surface area contributed by atoms with Crippen LogP contribution in [0.15, 0.2) is 28.7 Å². The number of benzene rings is 1. The van der Waals surface area contributed by atoms with Crippen LogP contribution in [0.2, 0.25) is 0 Å². The van der Waals surface area contributed by atoms with Crippen LogP contribution in [0, 0.1) is 0 Å². The van der Waals surface area contributed by atoms with Crippen molar-refractivity contribution in [3.05, 3.63) is 45.7 Å². The lowest BCUT2D eigenvalue weighted by molar-refractivity contribution is 0.609. The lowest BCUT2D eigenvalue weighted by atomic mass is 9.98. The SMILES string of the molecule is CC(C)c1nc(-c2ccccc2Br)nc2c1CNCC2. The molecular formula is C16H18BrN3. The maximum atomic E-state index is 4.84. The third-order valence-corrected chi connectivity index (χ3v) is 4.32. The Bertz CT molecular complexity index is 638. The highest BCUT2D eigenvalue weighted by atomic mass is 79.9. The smallest absolute Gasteiger partial charge is 0.160 e. The highest BCUT2D eigenvalue weighted by Gasteiger charge is 2.20. The summed E-state index contributed by atoms with van der Waals surface area (Å²) in [7, 11) is 0. The molecule has 0 saturated heterocycles. The van der Waals surface area contributed by atoms with Crippen LogP contribution in [0.4, 0.5) is 0 Å². The predicted octanol–water partition coefficient (Wildman–Crippen LogP) is 3.68. The Labute approximate surface area is 128 Å². The molecule has 0 saturated carbocycles. The van der Waals surface area contributed by atoms with Crippen LogP contribution in [0.1, 0.15) is 36.7 Å². The molecular weight excluding hydrogens is 314 g/mol. The molecule has 0 fully saturated rings. The first-order chi connectivity index (χ1) is 9.66. The second kappa shape index (κ2) is 5.62. The molecule has 1 aliphatic heterocycles. The van der Waals surface area contributed by atoms with Gasteiger partial charge in [-0.25, -0.2) is 9.97 Å². The van der Waals surface area contributed by atoms with Crippen molar-refractivity contribution in [3.8, 4) is 11.4 Å². The lowest BCUT2D eigenvalue weighted by Crippen LogP contribution is -2.27. The number of aromatic nitrogens is 2. The zero-order chi connectivity index (χ0) is 14.1. The molecule has 0 aliphatic carbocycles. The fourth-order valence-corrected chi connectivity index (χ4v) is 3.07. The number of nitrogens with zero attached hydrogens (tertiary/aromatic N) is 2.